The lowest BCUT2D eigenvalue weighted by atomic mass is 9.90. The molecule has 0 heteroatoms. The second kappa shape index (κ2) is 7.39. The molecule has 0 aromatic rings. The van der Waals surface area contributed by atoms with Crippen LogP contribution in [0.3, 0.4) is 0 Å². The lowest BCUT2D eigenvalue weighted by Crippen LogP contribution is -2.03. The van der Waals surface area contributed by atoms with Gasteiger partial charge in [0, 0.05) is 0 Å². The minimum absolute atomic E-state index is 0.903. The van der Waals surface area contributed by atoms with Gasteiger partial charge >= 0.3 is 0 Å². The lowest BCUT2D eigenvalue weighted by Gasteiger charge is -2.16. The molecule has 0 aromatic carbocycles. The molecule has 0 rings (SSSR count). The van der Waals surface area contributed by atoms with E-state index in [0.29, 0.717) is 0 Å². The summed E-state index contributed by atoms with van der Waals surface area (Å²) in [6, 6.07) is 0. The van der Waals surface area contributed by atoms with Gasteiger partial charge in [0.1, 0.15) is 0 Å². The molecule has 0 heterocycles. The molecule has 0 radical (unpaired) electrons. The van der Waals surface area contributed by atoms with Crippen LogP contribution in [0.15, 0.2) is 12.2 Å². The van der Waals surface area contributed by atoms with E-state index >= 15 is 0 Å². The number of hydrogen-bond acceptors (Lipinski definition) is 0. The summed E-state index contributed by atoms with van der Waals surface area (Å²) in [5.41, 5.74) is 0. The van der Waals surface area contributed by atoms with Gasteiger partial charge in [-0.15, -0.1) is 0 Å². The summed E-state index contributed by atoms with van der Waals surface area (Å²) >= 11 is 0. The Kier molecular flexibility index (Phi) is 7.23. The fourth-order valence-corrected chi connectivity index (χ4v) is 1.49. The van der Waals surface area contributed by atoms with Gasteiger partial charge in [-0.3, -0.25) is 0 Å². The van der Waals surface area contributed by atoms with Crippen LogP contribution in [-0.4, -0.2) is 0 Å². The van der Waals surface area contributed by atoms with Crippen molar-refractivity contribution in [2.75, 3.05) is 0 Å². The van der Waals surface area contributed by atoms with Crippen LogP contribution in [-0.2, 0) is 0 Å². The van der Waals surface area contributed by atoms with Crippen molar-refractivity contribution in [3.8, 4) is 0 Å². The molecule has 2 unspecified atom stereocenters. The average Bonchev–Trinajstić information content (AvgIpc) is 2.11. The van der Waals surface area contributed by atoms with E-state index in [0.717, 1.165) is 11.8 Å². The van der Waals surface area contributed by atoms with E-state index < -0.39 is 0 Å². The first-order chi connectivity index (χ1) is 5.74. The molecule has 2 atom stereocenters. The van der Waals surface area contributed by atoms with E-state index in [2.05, 4.69) is 39.8 Å². The van der Waals surface area contributed by atoms with Gasteiger partial charge in [0.2, 0.25) is 0 Å². The largest absolute Gasteiger partial charge is 0.0917 e. The van der Waals surface area contributed by atoms with Gasteiger partial charge in [-0.25, -0.2) is 0 Å². The molecule has 72 valence electrons. The Labute approximate surface area is 78.1 Å². The van der Waals surface area contributed by atoms with Crippen LogP contribution in [0.2, 0.25) is 0 Å². The van der Waals surface area contributed by atoms with Gasteiger partial charge in [0.25, 0.3) is 0 Å². The van der Waals surface area contributed by atoms with E-state index in [4.69, 9.17) is 0 Å². The van der Waals surface area contributed by atoms with Gasteiger partial charge in [0.05, 0.1) is 0 Å². The number of allylic oxidation sites excluding steroid dienone is 2. The van der Waals surface area contributed by atoms with Crippen LogP contribution in [0.25, 0.3) is 0 Å². The van der Waals surface area contributed by atoms with Crippen molar-refractivity contribution in [2.24, 2.45) is 11.8 Å². The standard InChI is InChI=1S/C12H24/c1-5-8-9-12(7-3)10-11(4)6-2/h5,8,11-12H,6-7,9-10H2,1-4H3/b8-5-. The van der Waals surface area contributed by atoms with Crippen LogP contribution < -0.4 is 0 Å². The molecule has 0 spiro atoms. The first-order valence-corrected chi connectivity index (χ1v) is 5.35. The first kappa shape index (κ1) is 11.7. The topological polar surface area (TPSA) is 0 Å². The highest BCUT2D eigenvalue weighted by Crippen LogP contribution is 2.21. The summed E-state index contributed by atoms with van der Waals surface area (Å²) in [6.45, 7) is 9.05. The molecule has 0 bridgehead atoms. The minimum Gasteiger partial charge on any atom is -0.0917 e. The summed E-state index contributed by atoms with van der Waals surface area (Å²) in [5, 5.41) is 0. The SMILES string of the molecule is C/C=C\CC(CC)CC(C)CC. The fraction of sp³-hybridized carbons (Fsp3) is 0.833. The number of rotatable bonds is 6. The Morgan fingerprint density at radius 1 is 1.17 bits per heavy atom. The van der Waals surface area contributed by atoms with Crippen molar-refractivity contribution in [3.05, 3.63) is 12.2 Å². The Hall–Kier alpha value is -0.260. The van der Waals surface area contributed by atoms with Crippen LogP contribution in [0, 0.1) is 11.8 Å². The van der Waals surface area contributed by atoms with Gasteiger partial charge in [0.15, 0.2) is 0 Å². The van der Waals surface area contributed by atoms with Crippen molar-refractivity contribution in [1.82, 2.24) is 0 Å². The molecule has 0 aromatic heterocycles. The summed E-state index contributed by atoms with van der Waals surface area (Å²) in [4.78, 5) is 0. The van der Waals surface area contributed by atoms with Crippen LogP contribution in [0.1, 0.15) is 53.4 Å². The van der Waals surface area contributed by atoms with Crippen LogP contribution in [0.4, 0.5) is 0 Å². The third-order valence-corrected chi connectivity index (χ3v) is 2.72. The highest BCUT2D eigenvalue weighted by atomic mass is 14.1. The molecule has 0 saturated heterocycles. The van der Waals surface area contributed by atoms with Gasteiger partial charge < -0.3 is 0 Å². The first-order valence-electron chi connectivity index (χ1n) is 5.35. The molecule has 0 saturated carbocycles. The summed E-state index contributed by atoms with van der Waals surface area (Å²) < 4.78 is 0. The highest BCUT2D eigenvalue weighted by Gasteiger charge is 2.08. The Bertz CT molecular complexity index is 113. The maximum atomic E-state index is 2.36. The van der Waals surface area contributed by atoms with E-state index in [9.17, 15) is 0 Å². The highest BCUT2D eigenvalue weighted by molar-refractivity contribution is 4.80. The summed E-state index contributed by atoms with van der Waals surface area (Å²) in [5.74, 6) is 1.82. The van der Waals surface area contributed by atoms with Crippen molar-refractivity contribution >= 4 is 0 Å². The zero-order valence-electron chi connectivity index (χ0n) is 9.14. The Balaban J connectivity index is 3.66. The molecule has 0 N–H and O–H groups in total. The molecule has 0 aliphatic rings. The zero-order chi connectivity index (χ0) is 9.40. The molecule has 12 heavy (non-hydrogen) atoms. The molecular formula is C12H24. The van der Waals surface area contributed by atoms with E-state index in [1.165, 1.54) is 25.7 Å². The molecule has 0 nitrogen and oxygen atoms in total. The van der Waals surface area contributed by atoms with Crippen molar-refractivity contribution in [3.63, 3.8) is 0 Å². The molecule has 0 fully saturated rings. The van der Waals surface area contributed by atoms with E-state index in [-0.39, 0.29) is 0 Å². The third kappa shape index (κ3) is 5.40. The molecule has 0 aliphatic heterocycles. The smallest absolute Gasteiger partial charge is 0.0322 e. The molecule has 0 amide bonds. The summed E-state index contributed by atoms with van der Waals surface area (Å²) in [6.07, 6.45) is 9.80. The minimum atomic E-state index is 0.903. The zero-order valence-corrected chi connectivity index (χ0v) is 9.14. The maximum absolute atomic E-state index is 2.36. The van der Waals surface area contributed by atoms with Crippen molar-refractivity contribution in [2.45, 2.75) is 53.4 Å². The van der Waals surface area contributed by atoms with Crippen molar-refractivity contribution < 1.29 is 0 Å². The maximum Gasteiger partial charge on any atom is -0.0322 e. The third-order valence-electron chi connectivity index (χ3n) is 2.72. The fourth-order valence-electron chi connectivity index (χ4n) is 1.49. The predicted octanol–water partition coefficient (Wildman–Crippen LogP) is 4.42. The molecule has 0 aliphatic carbocycles. The monoisotopic (exact) mass is 168 g/mol. The van der Waals surface area contributed by atoms with Crippen molar-refractivity contribution in [1.29, 1.82) is 0 Å². The summed E-state index contributed by atoms with van der Waals surface area (Å²) in [7, 11) is 0. The predicted molar refractivity (Wildman–Crippen MR) is 57.3 cm³/mol. The second-order valence-electron chi connectivity index (χ2n) is 3.83. The van der Waals surface area contributed by atoms with Crippen LogP contribution >= 0.6 is 0 Å². The Morgan fingerprint density at radius 3 is 2.25 bits per heavy atom. The number of hydrogen-bond donors (Lipinski definition) is 0. The Morgan fingerprint density at radius 2 is 1.83 bits per heavy atom. The lowest BCUT2D eigenvalue weighted by molar-refractivity contribution is 0.375. The van der Waals surface area contributed by atoms with Crippen LogP contribution in [0.5, 0.6) is 0 Å². The van der Waals surface area contributed by atoms with Gasteiger partial charge in [-0.05, 0) is 31.6 Å². The quantitative estimate of drug-likeness (QED) is 0.515. The van der Waals surface area contributed by atoms with Gasteiger partial charge in [-0.2, -0.15) is 0 Å². The van der Waals surface area contributed by atoms with E-state index in [1.807, 2.05) is 0 Å². The normalized spacial score (nSPS) is 16.7. The molecular weight excluding hydrogens is 144 g/mol. The average molecular weight is 168 g/mol. The van der Waals surface area contributed by atoms with Gasteiger partial charge in [-0.1, -0.05) is 45.8 Å². The second-order valence-corrected chi connectivity index (χ2v) is 3.83. The van der Waals surface area contributed by atoms with E-state index in [1.54, 1.807) is 0 Å².